The molecule has 0 saturated heterocycles. The molecule has 1 aromatic rings. The van der Waals surface area contributed by atoms with Gasteiger partial charge in [-0.3, -0.25) is 14.4 Å². The Hall–Kier alpha value is -3.22. The Balaban J connectivity index is 1.93. The molecule has 3 rings (SSSR count). The average Bonchev–Trinajstić information content (AvgIpc) is 2.65. The lowest BCUT2D eigenvalue weighted by molar-refractivity contribution is -0.146. The van der Waals surface area contributed by atoms with Gasteiger partial charge in [-0.05, 0) is 57.9 Å². The van der Waals surface area contributed by atoms with Gasteiger partial charge in [-0.1, -0.05) is 30.3 Å². The lowest BCUT2D eigenvalue weighted by Crippen LogP contribution is -2.61. The first kappa shape index (κ1) is 22.5. The predicted molar refractivity (Wildman–Crippen MR) is 120 cm³/mol. The fraction of sp³-hybridized carbons (Fsp3) is 0.417. The van der Waals surface area contributed by atoms with Gasteiger partial charge in [-0.2, -0.15) is 4.99 Å². The van der Waals surface area contributed by atoms with Crippen LogP contribution in [0.2, 0.25) is 0 Å². The zero-order valence-electron chi connectivity index (χ0n) is 18.8. The van der Waals surface area contributed by atoms with Crippen molar-refractivity contribution in [2.45, 2.75) is 58.7 Å². The van der Waals surface area contributed by atoms with Crippen LogP contribution in [0.5, 0.6) is 0 Å². The van der Waals surface area contributed by atoms with Gasteiger partial charge in [0.15, 0.2) is 0 Å². The van der Waals surface area contributed by atoms with E-state index in [9.17, 15) is 14.4 Å². The van der Waals surface area contributed by atoms with Crippen LogP contribution < -0.4 is 5.32 Å². The third kappa shape index (κ3) is 5.29. The van der Waals surface area contributed by atoms with Gasteiger partial charge in [-0.15, -0.1) is 0 Å². The van der Waals surface area contributed by atoms with Crippen LogP contribution in [0.1, 0.15) is 46.6 Å². The van der Waals surface area contributed by atoms with Gasteiger partial charge in [0.05, 0.1) is 13.0 Å². The number of hydrogen-bond acceptors (Lipinski definition) is 4. The molecule has 164 valence electrons. The molecule has 2 heterocycles. The fourth-order valence-electron chi connectivity index (χ4n) is 3.79. The van der Waals surface area contributed by atoms with Crippen molar-refractivity contribution >= 4 is 23.6 Å². The summed E-state index contributed by atoms with van der Waals surface area (Å²) < 4.78 is 0. The van der Waals surface area contributed by atoms with Crippen LogP contribution in [-0.2, 0) is 20.9 Å². The molecule has 2 aliphatic heterocycles. The quantitative estimate of drug-likeness (QED) is 0.791. The van der Waals surface area contributed by atoms with Crippen molar-refractivity contribution in [2.75, 3.05) is 6.54 Å². The minimum absolute atomic E-state index is 0.0568. The summed E-state index contributed by atoms with van der Waals surface area (Å²) in [5.41, 5.74) is 0.272. The number of hydrogen-bond donors (Lipinski definition) is 1. The van der Waals surface area contributed by atoms with E-state index in [2.05, 4.69) is 10.3 Å². The normalized spacial score (nSPS) is 20.5. The van der Waals surface area contributed by atoms with Gasteiger partial charge in [0.25, 0.3) is 5.91 Å². The Kier molecular flexibility index (Phi) is 6.15. The summed E-state index contributed by atoms with van der Waals surface area (Å²) in [4.78, 5) is 46.3. The lowest BCUT2D eigenvalue weighted by Gasteiger charge is -2.44. The lowest BCUT2D eigenvalue weighted by atomic mass is 9.89. The molecule has 2 aliphatic rings. The van der Waals surface area contributed by atoms with Crippen molar-refractivity contribution in [2.24, 2.45) is 4.99 Å². The molecule has 1 aromatic carbocycles. The molecule has 1 N–H and O–H groups in total. The van der Waals surface area contributed by atoms with E-state index in [0.29, 0.717) is 5.84 Å². The number of aliphatic imine (C=N–C) groups is 1. The highest BCUT2D eigenvalue weighted by atomic mass is 16.2. The van der Waals surface area contributed by atoms with Gasteiger partial charge >= 0.3 is 0 Å². The zero-order chi connectivity index (χ0) is 22.8. The molecular formula is C24H30N4O3. The van der Waals surface area contributed by atoms with E-state index < -0.39 is 11.1 Å². The van der Waals surface area contributed by atoms with E-state index in [1.165, 1.54) is 4.90 Å². The molecular weight excluding hydrogens is 392 g/mol. The summed E-state index contributed by atoms with van der Waals surface area (Å²) in [5, 5.41) is 2.92. The van der Waals surface area contributed by atoms with Crippen LogP contribution >= 0.6 is 0 Å². The van der Waals surface area contributed by atoms with E-state index in [4.69, 9.17) is 0 Å². The summed E-state index contributed by atoms with van der Waals surface area (Å²) in [5.74, 6) is -0.439. The van der Waals surface area contributed by atoms with Crippen LogP contribution in [0, 0.1) is 0 Å². The third-order valence-electron chi connectivity index (χ3n) is 5.17. The van der Waals surface area contributed by atoms with Crippen LogP contribution in [0.15, 0.2) is 59.2 Å². The Morgan fingerprint density at radius 3 is 2.55 bits per heavy atom. The van der Waals surface area contributed by atoms with E-state index in [-0.39, 0.29) is 37.2 Å². The maximum absolute atomic E-state index is 13.8. The topological polar surface area (TPSA) is 82.1 Å². The Morgan fingerprint density at radius 2 is 1.90 bits per heavy atom. The number of benzene rings is 1. The number of nitrogens with zero attached hydrogens (tertiary/aromatic N) is 3. The maximum atomic E-state index is 13.8. The smallest absolute Gasteiger partial charge is 0.250 e. The molecule has 1 atom stereocenters. The first-order valence-electron chi connectivity index (χ1n) is 10.4. The second-order valence-electron chi connectivity index (χ2n) is 9.33. The molecule has 0 radical (unpaired) electrons. The molecule has 0 aromatic heterocycles. The largest absolute Gasteiger partial charge is 0.350 e. The summed E-state index contributed by atoms with van der Waals surface area (Å²) >= 11 is 0. The highest BCUT2D eigenvalue weighted by Gasteiger charge is 2.47. The highest BCUT2D eigenvalue weighted by molar-refractivity contribution is 6.10. The number of fused-ring (bicyclic) bond motifs is 1. The molecule has 0 fully saturated rings. The maximum Gasteiger partial charge on any atom is 0.250 e. The Morgan fingerprint density at radius 1 is 1.23 bits per heavy atom. The first-order valence-corrected chi connectivity index (χ1v) is 10.4. The first-order chi connectivity index (χ1) is 14.5. The average molecular weight is 423 g/mol. The standard InChI is InChI=1S/C24H30N4O3/c1-17-11-12-28-19(13-17)25-20(29)14-24(28,5)22(31)27(15-18-9-7-6-8-10-18)16-21(30)26-23(2,3)4/h6-13H,14-16H2,1-5H3,(H,26,30)/t24-/m0/s1. The minimum atomic E-state index is -1.17. The van der Waals surface area contributed by atoms with Gasteiger partial charge in [0.2, 0.25) is 11.8 Å². The number of rotatable bonds is 5. The zero-order valence-corrected chi connectivity index (χ0v) is 18.8. The molecule has 0 saturated carbocycles. The minimum Gasteiger partial charge on any atom is -0.350 e. The number of amides is 3. The van der Waals surface area contributed by atoms with Gasteiger partial charge in [0.1, 0.15) is 11.4 Å². The van der Waals surface area contributed by atoms with Gasteiger partial charge in [-0.25, -0.2) is 0 Å². The highest BCUT2D eigenvalue weighted by Crippen LogP contribution is 2.31. The summed E-state index contributed by atoms with van der Waals surface area (Å²) in [6, 6.07) is 9.51. The predicted octanol–water partition coefficient (Wildman–Crippen LogP) is 2.79. The second-order valence-corrected chi connectivity index (χ2v) is 9.33. The van der Waals surface area contributed by atoms with Crippen LogP contribution in [0.3, 0.4) is 0 Å². The molecule has 3 amide bonds. The summed E-state index contributed by atoms with van der Waals surface area (Å²) in [7, 11) is 0. The molecule has 0 aliphatic carbocycles. The van der Waals surface area contributed by atoms with Crippen molar-refractivity contribution < 1.29 is 14.4 Å². The van der Waals surface area contributed by atoms with E-state index in [0.717, 1.165) is 11.1 Å². The van der Waals surface area contributed by atoms with E-state index in [1.807, 2.05) is 64.1 Å². The fourth-order valence-corrected chi connectivity index (χ4v) is 3.79. The second kappa shape index (κ2) is 8.49. The van der Waals surface area contributed by atoms with Crippen molar-refractivity contribution in [1.82, 2.24) is 15.1 Å². The number of carbonyl (C=O) groups is 3. The van der Waals surface area contributed by atoms with Crippen LogP contribution in [-0.4, -0.2) is 51.0 Å². The van der Waals surface area contributed by atoms with Gasteiger partial charge < -0.3 is 15.1 Å². The number of nitrogens with one attached hydrogen (secondary N) is 1. The molecule has 7 heteroatoms. The number of allylic oxidation sites excluding steroid dienone is 2. The van der Waals surface area contributed by atoms with Crippen LogP contribution in [0.4, 0.5) is 0 Å². The Labute approximate surface area is 183 Å². The molecule has 0 bridgehead atoms. The molecule has 0 spiro atoms. The van der Waals surface area contributed by atoms with E-state index >= 15 is 0 Å². The van der Waals surface area contributed by atoms with Crippen LogP contribution in [0.25, 0.3) is 0 Å². The van der Waals surface area contributed by atoms with Gasteiger partial charge in [0, 0.05) is 18.3 Å². The third-order valence-corrected chi connectivity index (χ3v) is 5.17. The number of carbonyl (C=O) groups excluding carboxylic acids is 3. The van der Waals surface area contributed by atoms with Crippen molar-refractivity contribution in [3.05, 3.63) is 59.8 Å². The molecule has 7 nitrogen and oxygen atoms in total. The molecule has 0 unspecified atom stereocenters. The molecule has 31 heavy (non-hydrogen) atoms. The monoisotopic (exact) mass is 422 g/mol. The Bertz CT molecular complexity index is 972. The van der Waals surface area contributed by atoms with Crippen molar-refractivity contribution in [3.63, 3.8) is 0 Å². The van der Waals surface area contributed by atoms with Crippen molar-refractivity contribution in [1.29, 1.82) is 0 Å². The number of amidine groups is 1. The van der Waals surface area contributed by atoms with Crippen molar-refractivity contribution in [3.8, 4) is 0 Å². The SMILES string of the molecule is CC1=CC2=NC(=O)C[C@@](C)(C(=O)N(CC(=O)NC(C)(C)C)Cc3ccccc3)N2C=C1. The summed E-state index contributed by atoms with van der Waals surface area (Å²) in [6.07, 6.45) is 5.40. The summed E-state index contributed by atoms with van der Waals surface area (Å²) in [6.45, 7) is 9.49. The van der Waals surface area contributed by atoms with E-state index in [1.54, 1.807) is 24.1 Å².